The highest BCUT2D eigenvalue weighted by atomic mass is 32.2. The van der Waals surface area contributed by atoms with Gasteiger partial charge in [0.2, 0.25) is 0 Å². The fraction of sp³-hybridized carbons (Fsp3) is 0.333. The standard InChI is InChI=1S/C23H20N2OS2.C5H14N2.C2H6/c1-3-16-7-4-5-10-20(16)25-21(14-18(15-26)24-25)23-12-11-22(28-23)17-8-6-9-19(13-17)27-2;1-6-4-5-7(2)3;1-2/h4-15H,3H2,1-2H3;6H,4-5H2,1-3H3;1-2H3. The normalized spacial score (nSPS) is 10.4. The Bertz CT molecular complexity index is 1230. The first kappa shape index (κ1) is 30.5. The number of benzene rings is 2. The maximum absolute atomic E-state index is 11.4. The Morgan fingerprint density at radius 3 is 2.38 bits per heavy atom. The maximum atomic E-state index is 11.4. The van der Waals surface area contributed by atoms with E-state index in [2.05, 4.69) is 91.1 Å². The van der Waals surface area contributed by atoms with Crippen molar-refractivity contribution in [3.05, 3.63) is 78.0 Å². The van der Waals surface area contributed by atoms with Crippen LogP contribution in [0.15, 0.2) is 71.6 Å². The maximum Gasteiger partial charge on any atom is 0.170 e. The van der Waals surface area contributed by atoms with E-state index in [1.165, 1.54) is 20.9 Å². The Hall–Kier alpha value is -2.71. The lowest BCUT2D eigenvalue weighted by molar-refractivity contribution is 0.111. The van der Waals surface area contributed by atoms with Crippen molar-refractivity contribution in [1.29, 1.82) is 0 Å². The highest BCUT2D eigenvalue weighted by Crippen LogP contribution is 2.37. The number of thiophene rings is 1. The molecule has 0 saturated heterocycles. The van der Waals surface area contributed by atoms with Gasteiger partial charge in [-0.25, -0.2) is 4.68 Å². The Balaban J connectivity index is 0.000000465. The van der Waals surface area contributed by atoms with E-state index in [1.54, 1.807) is 23.1 Å². The Kier molecular flexibility index (Phi) is 13.4. The number of para-hydroxylation sites is 1. The molecular formula is C30H40N4OS2. The molecule has 0 fully saturated rings. The molecule has 1 N–H and O–H groups in total. The Morgan fingerprint density at radius 1 is 1.03 bits per heavy atom. The van der Waals surface area contributed by atoms with Gasteiger partial charge < -0.3 is 10.2 Å². The summed E-state index contributed by atoms with van der Waals surface area (Å²) in [6, 6.07) is 22.9. The van der Waals surface area contributed by atoms with E-state index in [-0.39, 0.29) is 0 Å². The average molecular weight is 537 g/mol. The molecule has 0 saturated carbocycles. The Morgan fingerprint density at radius 2 is 1.76 bits per heavy atom. The number of nitrogens with one attached hydrogen (secondary N) is 1. The van der Waals surface area contributed by atoms with Crippen LogP contribution < -0.4 is 5.32 Å². The SMILES string of the molecule is CC.CCc1ccccc1-n1nc(C=O)cc1-c1ccc(-c2cccc(SC)c2)s1.CNCCN(C)C. The number of likely N-dealkylation sites (N-methyl/N-ethyl adjacent to an activating group) is 2. The minimum Gasteiger partial charge on any atom is -0.318 e. The molecule has 0 unspecified atom stereocenters. The van der Waals surface area contributed by atoms with Gasteiger partial charge in [0.25, 0.3) is 0 Å². The van der Waals surface area contributed by atoms with Crippen molar-refractivity contribution in [2.45, 2.75) is 32.1 Å². The lowest BCUT2D eigenvalue weighted by Crippen LogP contribution is -2.23. The van der Waals surface area contributed by atoms with Crippen molar-refractivity contribution in [1.82, 2.24) is 20.0 Å². The number of aromatic nitrogens is 2. The number of aryl methyl sites for hydroxylation is 1. The van der Waals surface area contributed by atoms with Crippen molar-refractivity contribution in [3.63, 3.8) is 0 Å². The van der Waals surface area contributed by atoms with E-state index in [1.807, 2.05) is 43.8 Å². The molecule has 0 bridgehead atoms. The van der Waals surface area contributed by atoms with Crippen molar-refractivity contribution >= 4 is 29.4 Å². The number of nitrogens with zero attached hydrogens (tertiary/aromatic N) is 3. The number of hydrogen-bond donors (Lipinski definition) is 1. The quantitative estimate of drug-likeness (QED) is 0.182. The van der Waals surface area contributed by atoms with Crippen LogP contribution in [0.4, 0.5) is 0 Å². The van der Waals surface area contributed by atoms with Crippen LogP contribution in [0.3, 0.4) is 0 Å². The van der Waals surface area contributed by atoms with Gasteiger partial charge in [-0.2, -0.15) is 5.10 Å². The molecule has 0 radical (unpaired) electrons. The molecule has 4 rings (SSSR count). The molecule has 0 aliphatic rings. The summed E-state index contributed by atoms with van der Waals surface area (Å²) in [5, 5.41) is 7.60. The van der Waals surface area contributed by atoms with Crippen LogP contribution in [0.2, 0.25) is 0 Å². The minimum absolute atomic E-state index is 0.445. The smallest absolute Gasteiger partial charge is 0.170 e. The number of carbonyl (C=O) groups excluding carboxylic acids is 1. The third kappa shape index (κ3) is 8.68. The second-order valence-corrected chi connectivity index (χ2v) is 10.2. The number of rotatable bonds is 9. The van der Waals surface area contributed by atoms with E-state index in [0.29, 0.717) is 5.69 Å². The van der Waals surface area contributed by atoms with Gasteiger partial charge in [-0.3, -0.25) is 4.79 Å². The third-order valence-electron chi connectivity index (χ3n) is 5.47. The predicted octanol–water partition coefficient (Wildman–Crippen LogP) is 7.16. The molecular weight excluding hydrogens is 496 g/mol. The summed E-state index contributed by atoms with van der Waals surface area (Å²) in [4.78, 5) is 17.1. The third-order valence-corrected chi connectivity index (χ3v) is 7.35. The Labute approximate surface area is 230 Å². The van der Waals surface area contributed by atoms with Crippen LogP contribution in [-0.4, -0.2) is 61.5 Å². The summed E-state index contributed by atoms with van der Waals surface area (Å²) >= 11 is 3.46. The number of thioether (sulfide) groups is 1. The van der Waals surface area contributed by atoms with E-state index in [4.69, 9.17) is 0 Å². The van der Waals surface area contributed by atoms with E-state index < -0.39 is 0 Å². The van der Waals surface area contributed by atoms with E-state index in [9.17, 15) is 4.79 Å². The zero-order chi connectivity index (χ0) is 27.2. The van der Waals surface area contributed by atoms with Crippen molar-refractivity contribution < 1.29 is 4.79 Å². The second-order valence-electron chi connectivity index (χ2n) is 8.27. The fourth-order valence-corrected chi connectivity index (χ4v) is 5.04. The van der Waals surface area contributed by atoms with Crippen molar-refractivity contribution in [2.75, 3.05) is 40.5 Å². The van der Waals surface area contributed by atoms with Gasteiger partial charge >= 0.3 is 0 Å². The van der Waals surface area contributed by atoms with Crippen LogP contribution in [0.5, 0.6) is 0 Å². The average Bonchev–Trinajstić information content (AvgIpc) is 3.61. The highest BCUT2D eigenvalue weighted by molar-refractivity contribution is 7.98. The van der Waals surface area contributed by atoms with Gasteiger partial charge in [0.1, 0.15) is 5.69 Å². The number of hydrogen-bond acceptors (Lipinski definition) is 6. The van der Waals surface area contributed by atoms with Gasteiger partial charge in [0, 0.05) is 22.9 Å². The lowest BCUT2D eigenvalue weighted by atomic mass is 10.1. The van der Waals surface area contributed by atoms with Crippen LogP contribution >= 0.6 is 23.1 Å². The van der Waals surface area contributed by atoms with Crippen molar-refractivity contribution in [2.24, 2.45) is 0 Å². The predicted molar refractivity (Wildman–Crippen MR) is 163 cm³/mol. The summed E-state index contributed by atoms with van der Waals surface area (Å²) in [7, 11) is 6.10. The molecule has 2 aromatic heterocycles. The first-order valence-electron chi connectivity index (χ1n) is 12.7. The summed E-state index contributed by atoms with van der Waals surface area (Å²) in [6.07, 6.45) is 3.80. The molecule has 0 atom stereocenters. The molecule has 0 spiro atoms. The van der Waals surface area contributed by atoms with Crippen LogP contribution in [-0.2, 0) is 6.42 Å². The summed E-state index contributed by atoms with van der Waals surface area (Å²) in [5.74, 6) is 0. The largest absolute Gasteiger partial charge is 0.318 e. The van der Waals surface area contributed by atoms with Gasteiger partial charge in [-0.15, -0.1) is 23.1 Å². The monoisotopic (exact) mass is 536 g/mol. The van der Waals surface area contributed by atoms with Crippen LogP contribution in [0, 0.1) is 0 Å². The van der Waals surface area contributed by atoms with E-state index >= 15 is 0 Å². The van der Waals surface area contributed by atoms with E-state index in [0.717, 1.165) is 42.1 Å². The highest BCUT2D eigenvalue weighted by Gasteiger charge is 2.16. The van der Waals surface area contributed by atoms with Gasteiger partial charge in [-0.1, -0.05) is 51.1 Å². The summed E-state index contributed by atoms with van der Waals surface area (Å²) < 4.78 is 1.90. The molecule has 198 valence electrons. The van der Waals surface area contributed by atoms with Gasteiger partial charge in [-0.05, 0) is 81.3 Å². The zero-order valence-corrected chi connectivity index (χ0v) is 24.7. The molecule has 2 aromatic carbocycles. The lowest BCUT2D eigenvalue weighted by Gasteiger charge is -2.10. The summed E-state index contributed by atoms with van der Waals surface area (Å²) in [5.41, 5.74) is 4.82. The molecule has 7 heteroatoms. The first-order chi connectivity index (χ1) is 18.0. The molecule has 0 aliphatic carbocycles. The second kappa shape index (κ2) is 16.2. The first-order valence-corrected chi connectivity index (χ1v) is 14.7. The molecule has 0 amide bonds. The molecule has 5 nitrogen and oxygen atoms in total. The van der Waals surface area contributed by atoms with Crippen LogP contribution in [0.25, 0.3) is 26.7 Å². The number of carbonyl (C=O) groups is 1. The van der Waals surface area contributed by atoms with Crippen LogP contribution in [0.1, 0.15) is 36.8 Å². The molecule has 2 heterocycles. The van der Waals surface area contributed by atoms with Crippen molar-refractivity contribution in [3.8, 4) is 26.7 Å². The summed E-state index contributed by atoms with van der Waals surface area (Å²) in [6.45, 7) is 8.33. The topological polar surface area (TPSA) is 50.2 Å². The van der Waals surface area contributed by atoms with Gasteiger partial charge in [0.05, 0.1) is 16.3 Å². The fourth-order valence-electron chi connectivity index (χ4n) is 3.58. The zero-order valence-electron chi connectivity index (χ0n) is 23.1. The molecule has 4 aromatic rings. The molecule has 37 heavy (non-hydrogen) atoms. The minimum atomic E-state index is 0.445. The molecule has 0 aliphatic heterocycles. The number of aldehydes is 1. The van der Waals surface area contributed by atoms with Gasteiger partial charge in [0.15, 0.2) is 6.29 Å².